The van der Waals surface area contributed by atoms with Crippen LogP contribution in [0.1, 0.15) is 29.8 Å². The van der Waals surface area contributed by atoms with Crippen LogP contribution in [-0.2, 0) is 5.41 Å². The molecule has 0 aliphatic carbocycles. The molecule has 0 spiro atoms. The Morgan fingerprint density at radius 3 is 2.20 bits per heavy atom. The molecule has 2 aromatic carbocycles. The van der Waals surface area contributed by atoms with Gasteiger partial charge in [-0.25, -0.2) is 0 Å². The van der Waals surface area contributed by atoms with Crippen LogP contribution >= 0.6 is 0 Å². The summed E-state index contributed by atoms with van der Waals surface area (Å²) >= 11 is 0. The number of ketones is 1. The number of anilines is 1. The maximum atomic E-state index is 12.9. The van der Waals surface area contributed by atoms with E-state index < -0.39 is 0 Å². The predicted octanol–water partition coefficient (Wildman–Crippen LogP) is 4.20. The molecular weight excluding hydrogens is 314 g/mol. The zero-order chi connectivity index (χ0) is 18.2. The Hall–Kier alpha value is -2.75. The number of carbonyl (C=O) groups is 1. The maximum absolute atomic E-state index is 12.9. The van der Waals surface area contributed by atoms with Crippen molar-refractivity contribution in [3.05, 3.63) is 65.4 Å². The lowest BCUT2D eigenvalue weighted by atomic mass is 9.83. The van der Waals surface area contributed by atoms with Crippen molar-refractivity contribution in [2.45, 2.75) is 19.3 Å². The topological polar surface area (TPSA) is 38.8 Å². The molecule has 0 atom stereocenters. The second kappa shape index (κ2) is 6.28. The fourth-order valence-electron chi connectivity index (χ4n) is 3.42. The predicted molar refractivity (Wildman–Crippen MR) is 99.8 cm³/mol. The zero-order valence-electron chi connectivity index (χ0n) is 15.3. The van der Waals surface area contributed by atoms with Gasteiger partial charge < -0.3 is 14.4 Å². The van der Waals surface area contributed by atoms with Crippen molar-refractivity contribution < 1.29 is 14.3 Å². The standard InChI is InChI=1S/C21H23NO3/c1-21(2)17-8-6-7-9-18(17)22(3)20(21)13-19(23)14-10-15(24-4)12-16(11-14)25-5/h6-13H,1-5H3/b20-13+. The van der Waals surface area contributed by atoms with Crippen LogP contribution in [0.4, 0.5) is 5.69 Å². The summed E-state index contributed by atoms with van der Waals surface area (Å²) in [5.74, 6) is 1.13. The van der Waals surface area contributed by atoms with Gasteiger partial charge in [0.25, 0.3) is 0 Å². The number of fused-ring (bicyclic) bond motifs is 1. The zero-order valence-corrected chi connectivity index (χ0v) is 15.3. The van der Waals surface area contributed by atoms with Gasteiger partial charge in [0.15, 0.2) is 5.78 Å². The van der Waals surface area contributed by atoms with Gasteiger partial charge in [-0.3, -0.25) is 4.79 Å². The number of allylic oxidation sites excluding steroid dienone is 2. The molecule has 0 saturated carbocycles. The van der Waals surface area contributed by atoms with Crippen LogP contribution in [0.15, 0.2) is 54.2 Å². The van der Waals surface area contributed by atoms with Gasteiger partial charge in [-0.15, -0.1) is 0 Å². The quantitative estimate of drug-likeness (QED) is 0.619. The lowest BCUT2D eigenvalue weighted by Crippen LogP contribution is -2.24. The molecule has 3 rings (SSSR count). The largest absolute Gasteiger partial charge is 0.497 e. The molecule has 0 amide bonds. The minimum atomic E-state index is -0.232. The number of para-hydroxylation sites is 1. The van der Waals surface area contributed by atoms with E-state index in [0.29, 0.717) is 17.1 Å². The average Bonchev–Trinajstić information content (AvgIpc) is 2.82. The number of carbonyl (C=O) groups excluding carboxylic acids is 1. The fraction of sp³-hybridized carbons (Fsp3) is 0.286. The lowest BCUT2D eigenvalue weighted by molar-refractivity contribution is 0.104. The van der Waals surface area contributed by atoms with Crippen LogP contribution in [0.5, 0.6) is 11.5 Å². The Balaban J connectivity index is 2.03. The maximum Gasteiger partial charge on any atom is 0.187 e. The molecule has 0 aromatic heterocycles. The Morgan fingerprint density at radius 1 is 1.04 bits per heavy atom. The number of rotatable bonds is 4. The van der Waals surface area contributed by atoms with Crippen molar-refractivity contribution in [2.75, 3.05) is 26.2 Å². The van der Waals surface area contributed by atoms with E-state index in [1.54, 1.807) is 38.5 Å². The first kappa shape index (κ1) is 17.1. The first-order valence-corrected chi connectivity index (χ1v) is 8.21. The summed E-state index contributed by atoms with van der Waals surface area (Å²) < 4.78 is 10.5. The average molecular weight is 337 g/mol. The third-order valence-corrected chi connectivity index (χ3v) is 4.84. The van der Waals surface area contributed by atoms with Gasteiger partial charge in [0, 0.05) is 41.6 Å². The summed E-state index contributed by atoms with van der Waals surface area (Å²) in [6.07, 6.45) is 1.72. The van der Waals surface area contributed by atoms with Gasteiger partial charge in [0.1, 0.15) is 11.5 Å². The molecular formula is C21H23NO3. The highest BCUT2D eigenvalue weighted by atomic mass is 16.5. The van der Waals surface area contributed by atoms with Gasteiger partial charge in [0.2, 0.25) is 0 Å². The molecule has 0 saturated heterocycles. The minimum Gasteiger partial charge on any atom is -0.497 e. The van der Waals surface area contributed by atoms with E-state index in [1.807, 2.05) is 19.2 Å². The highest BCUT2D eigenvalue weighted by molar-refractivity contribution is 6.06. The second-order valence-electron chi connectivity index (χ2n) is 6.70. The third-order valence-electron chi connectivity index (χ3n) is 4.84. The summed E-state index contributed by atoms with van der Waals surface area (Å²) in [5.41, 5.74) is 3.64. The first-order valence-electron chi connectivity index (χ1n) is 8.21. The van der Waals surface area contributed by atoms with Crippen LogP contribution < -0.4 is 14.4 Å². The van der Waals surface area contributed by atoms with E-state index in [-0.39, 0.29) is 11.2 Å². The normalized spacial score (nSPS) is 16.7. The van der Waals surface area contributed by atoms with Crippen LogP contribution in [-0.4, -0.2) is 27.1 Å². The van der Waals surface area contributed by atoms with Crippen molar-refractivity contribution in [1.29, 1.82) is 0 Å². The van der Waals surface area contributed by atoms with Gasteiger partial charge >= 0.3 is 0 Å². The molecule has 1 aliphatic rings. The molecule has 4 nitrogen and oxygen atoms in total. The summed E-state index contributed by atoms with van der Waals surface area (Å²) in [7, 11) is 5.15. The molecule has 130 valence electrons. The van der Waals surface area contributed by atoms with E-state index in [1.165, 1.54) is 5.56 Å². The van der Waals surface area contributed by atoms with Crippen molar-refractivity contribution >= 4 is 11.5 Å². The van der Waals surface area contributed by atoms with Gasteiger partial charge in [0.05, 0.1) is 14.2 Å². The van der Waals surface area contributed by atoms with Crippen LogP contribution in [0.2, 0.25) is 0 Å². The van der Waals surface area contributed by atoms with Crippen molar-refractivity contribution in [3.63, 3.8) is 0 Å². The van der Waals surface area contributed by atoms with Gasteiger partial charge in [-0.05, 0) is 23.8 Å². The van der Waals surface area contributed by atoms with Crippen LogP contribution in [0.25, 0.3) is 0 Å². The number of nitrogens with zero attached hydrogens (tertiary/aromatic N) is 1. The Bertz CT molecular complexity index is 830. The monoisotopic (exact) mass is 337 g/mol. The summed E-state index contributed by atoms with van der Waals surface area (Å²) in [5, 5.41) is 0. The molecule has 0 unspecified atom stereocenters. The molecule has 0 N–H and O–H groups in total. The number of likely N-dealkylation sites (N-methyl/N-ethyl adjacent to an activating group) is 1. The summed E-state index contributed by atoms with van der Waals surface area (Å²) in [6, 6.07) is 13.5. The summed E-state index contributed by atoms with van der Waals surface area (Å²) in [6.45, 7) is 4.28. The highest BCUT2D eigenvalue weighted by Crippen LogP contribution is 2.46. The molecule has 25 heavy (non-hydrogen) atoms. The number of ether oxygens (including phenoxy) is 2. The molecule has 0 radical (unpaired) electrons. The van der Waals surface area contributed by atoms with E-state index >= 15 is 0 Å². The van der Waals surface area contributed by atoms with Gasteiger partial charge in [-0.1, -0.05) is 32.0 Å². The fourth-order valence-corrected chi connectivity index (χ4v) is 3.42. The number of hydrogen-bond donors (Lipinski definition) is 0. The Morgan fingerprint density at radius 2 is 1.64 bits per heavy atom. The number of hydrogen-bond acceptors (Lipinski definition) is 4. The minimum absolute atomic E-state index is 0.0695. The molecule has 4 heteroatoms. The van der Waals surface area contributed by atoms with E-state index in [4.69, 9.17) is 9.47 Å². The summed E-state index contributed by atoms with van der Waals surface area (Å²) in [4.78, 5) is 15.0. The van der Waals surface area contributed by atoms with Crippen LogP contribution in [0.3, 0.4) is 0 Å². The Labute approximate surface area is 148 Å². The number of methoxy groups -OCH3 is 2. The SMILES string of the molecule is COc1cc(OC)cc(C(=O)/C=C2/N(C)c3ccccc3C2(C)C)c1. The highest BCUT2D eigenvalue weighted by Gasteiger charge is 2.38. The van der Waals surface area contributed by atoms with E-state index in [0.717, 1.165) is 11.4 Å². The van der Waals surface area contributed by atoms with Crippen molar-refractivity contribution in [3.8, 4) is 11.5 Å². The molecule has 1 aliphatic heterocycles. The molecule has 0 bridgehead atoms. The van der Waals surface area contributed by atoms with Crippen LogP contribution in [0, 0.1) is 0 Å². The molecule has 2 aromatic rings. The second-order valence-corrected chi connectivity index (χ2v) is 6.70. The Kier molecular flexibility index (Phi) is 4.29. The molecule has 1 heterocycles. The first-order chi connectivity index (χ1) is 11.9. The van der Waals surface area contributed by atoms with E-state index in [2.05, 4.69) is 30.9 Å². The third kappa shape index (κ3) is 2.88. The van der Waals surface area contributed by atoms with Gasteiger partial charge in [-0.2, -0.15) is 0 Å². The van der Waals surface area contributed by atoms with Crippen molar-refractivity contribution in [1.82, 2.24) is 0 Å². The van der Waals surface area contributed by atoms with E-state index in [9.17, 15) is 4.79 Å². The smallest absolute Gasteiger partial charge is 0.187 e. The number of benzene rings is 2. The molecule has 0 fully saturated rings. The van der Waals surface area contributed by atoms with Crippen molar-refractivity contribution in [2.24, 2.45) is 0 Å². The lowest BCUT2D eigenvalue weighted by Gasteiger charge is -2.24.